The molecule has 5 heteroatoms. The number of aryl methyl sites for hydroxylation is 2. The van der Waals surface area contributed by atoms with Gasteiger partial charge < -0.3 is 15.4 Å². The van der Waals surface area contributed by atoms with E-state index in [1.54, 1.807) is 0 Å². The number of hydrogen-bond acceptors (Lipinski definition) is 3. The molecule has 0 aliphatic rings. The van der Waals surface area contributed by atoms with Crippen molar-refractivity contribution < 1.29 is 9.53 Å². The molecule has 1 rings (SSSR count). The highest BCUT2D eigenvalue weighted by Crippen LogP contribution is 2.18. The lowest BCUT2D eigenvalue weighted by Gasteiger charge is -2.10. The predicted molar refractivity (Wildman–Crippen MR) is 80.2 cm³/mol. The zero-order chi connectivity index (χ0) is 13.4. The Hall–Kier alpha value is -1.26. The van der Waals surface area contributed by atoms with Gasteiger partial charge in [0.05, 0.1) is 0 Å². The van der Waals surface area contributed by atoms with E-state index in [9.17, 15) is 4.79 Å². The van der Waals surface area contributed by atoms with Crippen molar-refractivity contribution in [3.05, 3.63) is 29.3 Å². The van der Waals surface area contributed by atoms with Gasteiger partial charge in [0.1, 0.15) is 5.75 Å². The van der Waals surface area contributed by atoms with Gasteiger partial charge in [-0.3, -0.25) is 4.79 Å². The lowest BCUT2D eigenvalue weighted by atomic mass is 10.1. The van der Waals surface area contributed by atoms with E-state index < -0.39 is 0 Å². The SMILES string of the molecule is CCNCCNC(=O)COc1cc(C)ccc1C.Cl. The van der Waals surface area contributed by atoms with Crippen LogP contribution in [0.3, 0.4) is 0 Å². The van der Waals surface area contributed by atoms with Crippen LogP contribution in [0.25, 0.3) is 0 Å². The fourth-order valence-corrected chi connectivity index (χ4v) is 1.52. The summed E-state index contributed by atoms with van der Waals surface area (Å²) in [6, 6.07) is 5.97. The topological polar surface area (TPSA) is 50.4 Å². The van der Waals surface area contributed by atoms with Crippen molar-refractivity contribution in [2.45, 2.75) is 20.8 Å². The molecule has 0 spiro atoms. The summed E-state index contributed by atoms with van der Waals surface area (Å²) < 4.78 is 5.50. The maximum atomic E-state index is 11.5. The zero-order valence-corrected chi connectivity index (χ0v) is 12.6. The van der Waals surface area contributed by atoms with Crippen LogP contribution in [0, 0.1) is 13.8 Å². The Morgan fingerprint density at radius 3 is 2.68 bits per heavy atom. The van der Waals surface area contributed by atoms with E-state index >= 15 is 0 Å². The van der Waals surface area contributed by atoms with Gasteiger partial charge in [0.15, 0.2) is 6.61 Å². The molecule has 1 aromatic rings. The number of halogens is 1. The Morgan fingerprint density at radius 2 is 2.00 bits per heavy atom. The van der Waals surface area contributed by atoms with Crippen molar-refractivity contribution >= 4 is 18.3 Å². The highest BCUT2D eigenvalue weighted by atomic mass is 35.5. The number of hydrogen-bond donors (Lipinski definition) is 2. The molecule has 0 atom stereocenters. The summed E-state index contributed by atoms with van der Waals surface area (Å²) >= 11 is 0. The molecule has 108 valence electrons. The van der Waals surface area contributed by atoms with E-state index in [4.69, 9.17) is 4.74 Å². The van der Waals surface area contributed by atoms with E-state index in [0.29, 0.717) is 6.54 Å². The molecule has 0 aromatic heterocycles. The van der Waals surface area contributed by atoms with Crippen LogP contribution >= 0.6 is 12.4 Å². The van der Waals surface area contributed by atoms with Gasteiger partial charge >= 0.3 is 0 Å². The molecule has 0 fully saturated rings. The summed E-state index contributed by atoms with van der Waals surface area (Å²) in [5.74, 6) is 0.686. The Kier molecular flexibility index (Phi) is 9.00. The smallest absolute Gasteiger partial charge is 0.257 e. The zero-order valence-electron chi connectivity index (χ0n) is 11.8. The number of rotatable bonds is 7. The molecule has 0 heterocycles. The third-order valence-corrected chi connectivity index (χ3v) is 2.58. The first kappa shape index (κ1) is 17.7. The second kappa shape index (κ2) is 9.64. The summed E-state index contributed by atoms with van der Waals surface area (Å²) in [6.45, 7) is 8.39. The highest BCUT2D eigenvalue weighted by molar-refractivity contribution is 5.85. The van der Waals surface area contributed by atoms with Crippen LogP contribution in [0.4, 0.5) is 0 Å². The Bertz CT molecular complexity index is 397. The van der Waals surface area contributed by atoms with Gasteiger partial charge in [-0.05, 0) is 37.6 Å². The largest absolute Gasteiger partial charge is 0.483 e. The van der Waals surface area contributed by atoms with Crippen LogP contribution < -0.4 is 15.4 Å². The fourth-order valence-electron chi connectivity index (χ4n) is 1.52. The first-order valence-corrected chi connectivity index (χ1v) is 6.31. The maximum absolute atomic E-state index is 11.5. The summed E-state index contributed by atoms with van der Waals surface area (Å²) in [4.78, 5) is 11.5. The summed E-state index contributed by atoms with van der Waals surface area (Å²) in [7, 11) is 0. The molecule has 4 nitrogen and oxygen atoms in total. The molecule has 0 saturated heterocycles. The van der Waals surface area contributed by atoms with Crippen molar-refractivity contribution in [1.29, 1.82) is 0 Å². The molecule has 0 bridgehead atoms. The predicted octanol–water partition coefficient (Wildman–Crippen LogP) is 1.83. The normalized spacial score (nSPS) is 9.63. The number of amides is 1. The third-order valence-electron chi connectivity index (χ3n) is 2.58. The van der Waals surface area contributed by atoms with Gasteiger partial charge in [-0.2, -0.15) is 0 Å². The second-order valence-corrected chi connectivity index (χ2v) is 4.26. The van der Waals surface area contributed by atoms with Crippen molar-refractivity contribution in [1.82, 2.24) is 10.6 Å². The molecular formula is C14H23ClN2O2. The molecule has 0 unspecified atom stereocenters. The van der Waals surface area contributed by atoms with Crippen LogP contribution in [0.15, 0.2) is 18.2 Å². The molecule has 0 saturated carbocycles. The van der Waals surface area contributed by atoms with Crippen LogP contribution in [0.1, 0.15) is 18.1 Å². The number of ether oxygens (including phenoxy) is 1. The number of carbonyl (C=O) groups excluding carboxylic acids is 1. The van der Waals surface area contributed by atoms with Gasteiger partial charge in [0, 0.05) is 13.1 Å². The average Bonchev–Trinajstić information content (AvgIpc) is 2.36. The Balaban J connectivity index is 0.00000324. The molecule has 0 aliphatic heterocycles. The van der Waals surface area contributed by atoms with Gasteiger partial charge in [-0.1, -0.05) is 19.1 Å². The third kappa shape index (κ3) is 7.03. The van der Waals surface area contributed by atoms with E-state index in [0.717, 1.165) is 30.0 Å². The number of likely N-dealkylation sites (N-methyl/N-ethyl adjacent to an activating group) is 1. The van der Waals surface area contributed by atoms with Gasteiger partial charge in [-0.25, -0.2) is 0 Å². The quantitative estimate of drug-likeness (QED) is 0.752. The molecular weight excluding hydrogens is 264 g/mol. The fraction of sp³-hybridized carbons (Fsp3) is 0.500. The van der Waals surface area contributed by atoms with Gasteiger partial charge in [0.2, 0.25) is 0 Å². The first-order valence-electron chi connectivity index (χ1n) is 6.31. The van der Waals surface area contributed by atoms with E-state index in [1.807, 2.05) is 39.0 Å². The minimum absolute atomic E-state index is 0. The van der Waals surface area contributed by atoms with Crippen LogP contribution in [-0.2, 0) is 4.79 Å². The number of carbonyl (C=O) groups is 1. The van der Waals surface area contributed by atoms with E-state index in [2.05, 4.69) is 10.6 Å². The summed E-state index contributed by atoms with van der Waals surface area (Å²) in [6.07, 6.45) is 0. The number of nitrogens with one attached hydrogen (secondary N) is 2. The van der Waals surface area contributed by atoms with Crippen LogP contribution in [0.5, 0.6) is 5.75 Å². The molecule has 19 heavy (non-hydrogen) atoms. The molecule has 1 aromatic carbocycles. The average molecular weight is 287 g/mol. The van der Waals surface area contributed by atoms with Crippen molar-refractivity contribution in [3.63, 3.8) is 0 Å². The van der Waals surface area contributed by atoms with E-state index in [-0.39, 0.29) is 24.9 Å². The van der Waals surface area contributed by atoms with E-state index in [1.165, 1.54) is 0 Å². The van der Waals surface area contributed by atoms with Crippen molar-refractivity contribution in [3.8, 4) is 5.75 Å². The minimum atomic E-state index is -0.0891. The first-order chi connectivity index (χ1) is 8.63. The molecule has 2 N–H and O–H groups in total. The van der Waals surface area contributed by atoms with Gasteiger partial charge in [-0.15, -0.1) is 12.4 Å². The molecule has 0 radical (unpaired) electrons. The standard InChI is InChI=1S/C14H22N2O2.ClH/c1-4-15-7-8-16-14(17)10-18-13-9-11(2)5-6-12(13)3;/h5-6,9,15H,4,7-8,10H2,1-3H3,(H,16,17);1H. The Labute approximate surface area is 121 Å². The second-order valence-electron chi connectivity index (χ2n) is 4.26. The van der Waals surface area contributed by atoms with Crippen LogP contribution in [-0.4, -0.2) is 32.1 Å². The van der Waals surface area contributed by atoms with Gasteiger partial charge in [0.25, 0.3) is 5.91 Å². The summed E-state index contributed by atoms with van der Waals surface area (Å²) in [5.41, 5.74) is 2.17. The lowest BCUT2D eigenvalue weighted by Crippen LogP contribution is -2.34. The van der Waals surface area contributed by atoms with Crippen molar-refractivity contribution in [2.24, 2.45) is 0 Å². The van der Waals surface area contributed by atoms with Crippen LogP contribution in [0.2, 0.25) is 0 Å². The van der Waals surface area contributed by atoms with Crippen molar-refractivity contribution in [2.75, 3.05) is 26.2 Å². The number of benzene rings is 1. The summed E-state index contributed by atoms with van der Waals surface area (Å²) in [5, 5.41) is 5.93. The molecule has 1 amide bonds. The molecule has 0 aliphatic carbocycles. The lowest BCUT2D eigenvalue weighted by molar-refractivity contribution is -0.123. The maximum Gasteiger partial charge on any atom is 0.257 e. The minimum Gasteiger partial charge on any atom is -0.483 e. The highest BCUT2D eigenvalue weighted by Gasteiger charge is 2.04. The monoisotopic (exact) mass is 286 g/mol. The Morgan fingerprint density at radius 1 is 1.26 bits per heavy atom.